The van der Waals surface area contributed by atoms with Gasteiger partial charge in [-0.15, -0.1) is 13.2 Å². The molecule has 0 fully saturated rings. The smallest absolute Gasteiger partial charge is 0.387 e. The van der Waals surface area contributed by atoms with E-state index in [2.05, 4.69) is 9.72 Å². The van der Waals surface area contributed by atoms with Crippen LogP contribution in [0.3, 0.4) is 0 Å². The van der Waals surface area contributed by atoms with Crippen molar-refractivity contribution in [3.05, 3.63) is 20.9 Å². The highest BCUT2D eigenvalue weighted by Crippen LogP contribution is 2.26. The van der Waals surface area contributed by atoms with Crippen LogP contribution < -0.4 is 4.74 Å². The zero-order valence-electron chi connectivity index (χ0n) is 5.90. The van der Waals surface area contributed by atoms with E-state index in [-0.39, 0.29) is 8.59 Å². The van der Waals surface area contributed by atoms with Crippen LogP contribution >= 0.6 is 34.2 Å². The van der Waals surface area contributed by atoms with Gasteiger partial charge in [0.25, 0.3) is 0 Å². The van der Waals surface area contributed by atoms with Crippen LogP contribution in [-0.4, -0.2) is 11.3 Å². The quantitative estimate of drug-likeness (QED) is 0.740. The van der Waals surface area contributed by atoms with Crippen molar-refractivity contribution in [3.8, 4) is 5.88 Å². The number of hydrogen-bond acceptors (Lipinski definition) is 2. The van der Waals surface area contributed by atoms with Gasteiger partial charge in [-0.3, -0.25) is 0 Å². The third-order valence-corrected chi connectivity index (χ3v) is 1.97. The second-order valence-electron chi connectivity index (χ2n) is 1.99. The Hall–Kier alpha value is -0.240. The molecule has 1 aromatic rings. The molecule has 1 aromatic heterocycles. The molecule has 2 nitrogen and oxygen atoms in total. The molecule has 0 bridgehead atoms. The lowest BCUT2D eigenvalue weighted by molar-refractivity contribution is -0.276. The molecule has 0 unspecified atom stereocenters. The number of rotatable bonds is 1. The van der Waals surface area contributed by atoms with Crippen molar-refractivity contribution < 1.29 is 17.9 Å². The SMILES string of the molecule is FC(F)(F)Oc1ncc(Cl)cc1I. The van der Waals surface area contributed by atoms with Crippen molar-refractivity contribution in [1.29, 1.82) is 0 Å². The largest absolute Gasteiger partial charge is 0.574 e. The van der Waals surface area contributed by atoms with E-state index in [9.17, 15) is 13.2 Å². The van der Waals surface area contributed by atoms with Crippen molar-refractivity contribution in [3.63, 3.8) is 0 Å². The first-order chi connectivity index (χ1) is 5.88. The molecule has 1 rings (SSSR count). The molecule has 0 radical (unpaired) electrons. The minimum Gasteiger partial charge on any atom is -0.387 e. The van der Waals surface area contributed by atoms with Gasteiger partial charge in [0.15, 0.2) is 0 Å². The first kappa shape index (κ1) is 10.8. The molecule has 0 aromatic carbocycles. The fourth-order valence-corrected chi connectivity index (χ4v) is 1.51. The van der Waals surface area contributed by atoms with Gasteiger partial charge in [-0.05, 0) is 28.7 Å². The van der Waals surface area contributed by atoms with Gasteiger partial charge in [-0.2, -0.15) is 0 Å². The van der Waals surface area contributed by atoms with Crippen molar-refractivity contribution in [1.82, 2.24) is 4.98 Å². The van der Waals surface area contributed by atoms with Crippen LogP contribution in [0.15, 0.2) is 12.3 Å². The molecule has 0 aliphatic rings. The number of aromatic nitrogens is 1. The van der Waals surface area contributed by atoms with Crippen LogP contribution in [0.25, 0.3) is 0 Å². The van der Waals surface area contributed by atoms with Gasteiger partial charge >= 0.3 is 6.36 Å². The van der Waals surface area contributed by atoms with Crippen molar-refractivity contribution >= 4 is 34.2 Å². The van der Waals surface area contributed by atoms with Gasteiger partial charge < -0.3 is 4.74 Å². The van der Waals surface area contributed by atoms with E-state index in [1.165, 1.54) is 6.07 Å². The highest BCUT2D eigenvalue weighted by atomic mass is 127. The summed E-state index contributed by atoms with van der Waals surface area (Å²) in [5, 5.41) is 0.263. The summed E-state index contributed by atoms with van der Waals surface area (Å²) in [4.78, 5) is 3.38. The van der Waals surface area contributed by atoms with E-state index in [1.54, 1.807) is 22.6 Å². The standard InChI is InChI=1S/C6H2ClF3INO/c7-3-1-4(11)5(12-2-3)13-6(8,9)10/h1-2H. The molecule has 0 amide bonds. The average Bonchev–Trinajstić information content (AvgIpc) is 1.93. The zero-order chi connectivity index (χ0) is 10.1. The summed E-state index contributed by atoms with van der Waals surface area (Å²) >= 11 is 7.14. The van der Waals surface area contributed by atoms with Crippen LogP contribution in [0.1, 0.15) is 0 Å². The topological polar surface area (TPSA) is 22.1 Å². The molecule has 0 aliphatic heterocycles. The molecule has 0 atom stereocenters. The van der Waals surface area contributed by atoms with Gasteiger partial charge in [-0.1, -0.05) is 11.6 Å². The molecule has 0 spiro atoms. The van der Waals surface area contributed by atoms with Crippen molar-refractivity contribution in [2.75, 3.05) is 0 Å². The third-order valence-electron chi connectivity index (χ3n) is 0.986. The van der Waals surface area contributed by atoms with E-state index in [0.717, 1.165) is 6.20 Å². The van der Waals surface area contributed by atoms with Gasteiger partial charge in [-0.25, -0.2) is 4.98 Å². The summed E-state index contributed by atoms with van der Waals surface area (Å²) in [5.74, 6) is -0.488. The number of nitrogens with zero attached hydrogens (tertiary/aromatic N) is 1. The monoisotopic (exact) mass is 323 g/mol. The number of halogens is 5. The fraction of sp³-hybridized carbons (Fsp3) is 0.167. The first-order valence-corrected chi connectivity index (χ1v) is 4.41. The Balaban J connectivity index is 2.90. The minimum absolute atomic E-state index is 0.211. The Morgan fingerprint density at radius 3 is 2.54 bits per heavy atom. The van der Waals surface area contributed by atoms with Crippen LogP contribution in [0, 0.1) is 3.57 Å². The number of pyridine rings is 1. The lowest BCUT2D eigenvalue weighted by Gasteiger charge is -2.08. The lowest BCUT2D eigenvalue weighted by Crippen LogP contribution is -2.18. The maximum atomic E-state index is 11.7. The molecule has 72 valence electrons. The van der Waals surface area contributed by atoms with E-state index in [4.69, 9.17) is 11.6 Å². The molecule has 1 heterocycles. The zero-order valence-corrected chi connectivity index (χ0v) is 8.81. The Labute approximate surface area is 90.2 Å². The summed E-state index contributed by atoms with van der Waals surface area (Å²) < 4.78 is 39.0. The Kier molecular flexibility index (Phi) is 3.23. The normalized spacial score (nSPS) is 11.5. The summed E-state index contributed by atoms with van der Waals surface area (Å²) in [6, 6.07) is 1.33. The second kappa shape index (κ2) is 3.87. The van der Waals surface area contributed by atoms with Crippen LogP contribution in [-0.2, 0) is 0 Å². The number of ether oxygens (including phenoxy) is 1. The summed E-state index contributed by atoms with van der Waals surface area (Å²) in [7, 11) is 0. The molecular weight excluding hydrogens is 321 g/mol. The van der Waals surface area contributed by atoms with Gasteiger partial charge in [0.05, 0.1) is 8.59 Å². The highest BCUT2D eigenvalue weighted by molar-refractivity contribution is 14.1. The van der Waals surface area contributed by atoms with Gasteiger partial charge in [0.1, 0.15) is 0 Å². The summed E-state index contributed by atoms with van der Waals surface area (Å²) in [5.41, 5.74) is 0. The molecule has 0 saturated heterocycles. The Bertz CT molecular complexity index is 317. The fourth-order valence-electron chi connectivity index (χ4n) is 0.587. The van der Waals surface area contributed by atoms with E-state index < -0.39 is 12.2 Å². The predicted molar refractivity (Wildman–Crippen MR) is 48.6 cm³/mol. The Morgan fingerprint density at radius 1 is 1.46 bits per heavy atom. The highest BCUT2D eigenvalue weighted by Gasteiger charge is 2.32. The maximum Gasteiger partial charge on any atom is 0.574 e. The summed E-state index contributed by atoms with van der Waals surface area (Å²) in [6.07, 6.45) is -3.63. The summed E-state index contributed by atoms with van der Waals surface area (Å²) in [6.45, 7) is 0. The van der Waals surface area contributed by atoms with E-state index in [0.29, 0.717) is 0 Å². The predicted octanol–water partition coefficient (Wildman–Crippen LogP) is 3.24. The van der Waals surface area contributed by atoms with E-state index in [1.807, 2.05) is 0 Å². The first-order valence-electron chi connectivity index (χ1n) is 2.95. The van der Waals surface area contributed by atoms with Crippen LogP contribution in [0.4, 0.5) is 13.2 Å². The molecule has 0 aliphatic carbocycles. The molecule has 7 heteroatoms. The lowest BCUT2D eigenvalue weighted by atomic mass is 10.5. The van der Waals surface area contributed by atoms with Gasteiger partial charge in [0, 0.05) is 6.20 Å². The van der Waals surface area contributed by atoms with Gasteiger partial charge in [0.2, 0.25) is 5.88 Å². The molecule has 0 saturated carbocycles. The maximum absolute atomic E-state index is 11.7. The average molecular weight is 323 g/mol. The Morgan fingerprint density at radius 2 is 2.08 bits per heavy atom. The van der Waals surface area contributed by atoms with Crippen molar-refractivity contribution in [2.24, 2.45) is 0 Å². The van der Waals surface area contributed by atoms with Crippen molar-refractivity contribution in [2.45, 2.75) is 6.36 Å². The van der Waals surface area contributed by atoms with Crippen LogP contribution in [0.2, 0.25) is 5.02 Å². The minimum atomic E-state index is -4.72. The second-order valence-corrected chi connectivity index (χ2v) is 3.59. The van der Waals surface area contributed by atoms with Crippen LogP contribution in [0.5, 0.6) is 5.88 Å². The van der Waals surface area contributed by atoms with E-state index >= 15 is 0 Å². The number of alkyl halides is 3. The molecular formula is C6H2ClF3INO. The third kappa shape index (κ3) is 3.55. The molecule has 13 heavy (non-hydrogen) atoms. The molecule has 0 N–H and O–H groups in total. The number of hydrogen-bond donors (Lipinski definition) is 0.